The van der Waals surface area contributed by atoms with E-state index < -0.39 is 0 Å². The monoisotopic (exact) mass is 255 g/mol. The van der Waals surface area contributed by atoms with Crippen molar-refractivity contribution in [2.24, 2.45) is 0 Å². The lowest BCUT2D eigenvalue weighted by molar-refractivity contribution is -0.114. The Morgan fingerprint density at radius 2 is 1.79 bits per heavy atom. The molecule has 1 aromatic carbocycles. The van der Waals surface area contributed by atoms with Gasteiger partial charge in [-0.15, -0.1) is 0 Å². The first-order valence-corrected chi connectivity index (χ1v) is 6.13. The van der Waals surface area contributed by atoms with E-state index in [2.05, 4.69) is 41.6 Å². The Bertz CT molecular complexity index is 571. The van der Waals surface area contributed by atoms with Crippen LogP contribution in [0.3, 0.4) is 0 Å². The zero-order chi connectivity index (χ0) is 13.8. The van der Waals surface area contributed by atoms with Crippen molar-refractivity contribution in [1.29, 1.82) is 0 Å². The van der Waals surface area contributed by atoms with Crippen LogP contribution in [-0.2, 0) is 4.79 Å². The number of hydrogen-bond donors (Lipinski definition) is 2. The van der Waals surface area contributed by atoms with Crippen molar-refractivity contribution in [3.63, 3.8) is 0 Å². The molecule has 19 heavy (non-hydrogen) atoms. The first-order chi connectivity index (χ1) is 9.06. The van der Waals surface area contributed by atoms with Crippen LogP contribution in [0.15, 0.2) is 36.5 Å². The number of carbonyl (C=O) groups excluding carboxylic acids is 1. The van der Waals surface area contributed by atoms with Crippen LogP contribution in [0.1, 0.15) is 18.1 Å². The standard InChI is InChI=1S/C15H17N3O/c1-10-5-4-6-11(2)15(10)18-13-7-8-14(16-9-13)17-12(3)19/h4-9,18H,1-3H3,(H,16,17,19). The molecule has 1 amide bonds. The van der Waals surface area contributed by atoms with Gasteiger partial charge in [-0.2, -0.15) is 0 Å². The van der Waals surface area contributed by atoms with Crippen LogP contribution in [0, 0.1) is 13.8 Å². The third-order valence-electron chi connectivity index (χ3n) is 2.82. The summed E-state index contributed by atoms with van der Waals surface area (Å²) in [6.07, 6.45) is 1.71. The number of aryl methyl sites for hydroxylation is 2. The zero-order valence-electron chi connectivity index (χ0n) is 11.3. The molecule has 2 N–H and O–H groups in total. The maximum atomic E-state index is 10.9. The molecule has 0 aliphatic heterocycles. The number of nitrogens with one attached hydrogen (secondary N) is 2. The largest absolute Gasteiger partial charge is 0.354 e. The second-order valence-electron chi connectivity index (χ2n) is 4.51. The molecule has 0 spiro atoms. The molecule has 0 saturated carbocycles. The number of amides is 1. The summed E-state index contributed by atoms with van der Waals surface area (Å²) in [4.78, 5) is 15.1. The highest BCUT2D eigenvalue weighted by Crippen LogP contribution is 2.24. The number of carbonyl (C=O) groups is 1. The quantitative estimate of drug-likeness (QED) is 0.883. The van der Waals surface area contributed by atoms with E-state index >= 15 is 0 Å². The molecule has 0 aliphatic rings. The molecule has 0 fully saturated rings. The Balaban J connectivity index is 2.18. The fourth-order valence-electron chi connectivity index (χ4n) is 1.88. The number of benzene rings is 1. The average molecular weight is 255 g/mol. The summed E-state index contributed by atoms with van der Waals surface area (Å²) in [5, 5.41) is 5.99. The Morgan fingerprint density at radius 1 is 1.11 bits per heavy atom. The summed E-state index contributed by atoms with van der Waals surface area (Å²) in [5.41, 5.74) is 4.36. The van der Waals surface area contributed by atoms with Gasteiger partial charge in [-0.1, -0.05) is 18.2 Å². The summed E-state index contributed by atoms with van der Waals surface area (Å²) in [6, 6.07) is 9.83. The lowest BCUT2D eigenvalue weighted by Crippen LogP contribution is -2.07. The molecule has 98 valence electrons. The molecule has 1 aromatic heterocycles. The van der Waals surface area contributed by atoms with Gasteiger partial charge >= 0.3 is 0 Å². The van der Waals surface area contributed by atoms with Crippen molar-refractivity contribution >= 4 is 23.1 Å². The molecule has 2 rings (SSSR count). The van der Waals surface area contributed by atoms with Crippen LogP contribution < -0.4 is 10.6 Å². The number of rotatable bonds is 3. The third kappa shape index (κ3) is 3.31. The average Bonchev–Trinajstić information content (AvgIpc) is 2.35. The number of para-hydroxylation sites is 1. The zero-order valence-corrected chi connectivity index (χ0v) is 11.3. The van der Waals surface area contributed by atoms with Gasteiger partial charge in [-0.05, 0) is 37.1 Å². The highest BCUT2D eigenvalue weighted by atomic mass is 16.1. The van der Waals surface area contributed by atoms with Gasteiger partial charge in [0.15, 0.2) is 0 Å². The molecule has 4 heteroatoms. The van der Waals surface area contributed by atoms with Gasteiger partial charge in [-0.3, -0.25) is 4.79 Å². The maximum absolute atomic E-state index is 10.9. The smallest absolute Gasteiger partial charge is 0.222 e. The maximum Gasteiger partial charge on any atom is 0.222 e. The van der Waals surface area contributed by atoms with Crippen LogP contribution in [-0.4, -0.2) is 10.9 Å². The molecule has 0 radical (unpaired) electrons. The summed E-state index contributed by atoms with van der Waals surface area (Å²) < 4.78 is 0. The Labute approximate surface area is 112 Å². The lowest BCUT2D eigenvalue weighted by atomic mass is 10.1. The molecular formula is C15H17N3O. The van der Waals surface area contributed by atoms with Crippen LogP contribution in [0.5, 0.6) is 0 Å². The van der Waals surface area contributed by atoms with E-state index in [-0.39, 0.29) is 5.91 Å². The summed E-state index contributed by atoms with van der Waals surface area (Å²) in [5.74, 6) is 0.433. The molecule has 0 saturated heterocycles. The molecule has 0 atom stereocenters. The minimum absolute atomic E-state index is 0.122. The predicted molar refractivity (Wildman–Crippen MR) is 77.7 cm³/mol. The third-order valence-corrected chi connectivity index (χ3v) is 2.82. The number of nitrogens with zero attached hydrogens (tertiary/aromatic N) is 1. The molecular weight excluding hydrogens is 238 g/mol. The first-order valence-electron chi connectivity index (χ1n) is 6.13. The van der Waals surface area contributed by atoms with E-state index in [1.807, 2.05) is 12.1 Å². The molecule has 1 heterocycles. The Morgan fingerprint density at radius 3 is 2.32 bits per heavy atom. The second kappa shape index (κ2) is 5.52. The molecule has 4 nitrogen and oxygen atoms in total. The molecule has 0 bridgehead atoms. The van der Waals surface area contributed by atoms with Crippen molar-refractivity contribution < 1.29 is 4.79 Å². The van der Waals surface area contributed by atoms with Crippen molar-refractivity contribution in [1.82, 2.24) is 4.98 Å². The highest BCUT2D eigenvalue weighted by molar-refractivity contribution is 5.87. The van der Waals surface area contributed by atoms with Crippen molar-refractivity contribution in [2.75, 3.05) is 10.6 Å². The topological polar surface area (TPSA) is 54.0 Å². The van der Waals surface area contributed by atoms with Crippen molar-refractivity contribution in [3.05, 3.63) is 47.7 Å². The van der Waals surface area contributed by atoms with E-state index in [0.717, 1.165) is 11.4 Å². The Kier molecular flexibility index (Phi) is 3.80. The van der Waals surface area contributed by atoms with E-state index in [1.165, 1.54) is 18.1 Å². The number of hydrogen-bond acceptors (Lipinski definition) is 3. The number of pyridine rings is 1. The molecule has 2 aromatic rings. The fourth-order valence-corrected chi connectivity index (χ4v) is 1.88. The summed E-state index contributed by atoms with van der Waals surface area (Å²) >= 11 is 0. The van der Waals surface area contributed by atoms with Crippen molar-refractivity contribution in [3.8, 4) is 0 Å². The van der Waals surface area contributed by atoms with Gasteiger partial charge < -0.3 is 10.6 Å². The summed E-state index contributed by atoms with van der Waals surface area (Å²) in [6.45, 7) is 5.59. The van der Waals surface area contributed by atoms with Gasteiger partial charge in [0.1, 0.15) is 5.82 Å². The van der Waals surface area contributed by atoms with Gasteiger partial charge in [-0.25, -0.2) is 4.98 Å². The van der Waals surface area contributed by atoms with Crippen LogP contribution >= 0.6 is 0 Å². The summed E-state index contributed by atoms with van der Waals surface area (Å²) in [7, 11) is 0. The van der Waals surface area contributed by atoms with Gasteiger partial charge in [0, 0.05) is 12.6 Å². The van der Waals surface area contributed by atoms with E-state index in [9.17, 15) is 4.79 Å². The fraction of sp³-hybridized carbons (Fsp3) is 0.200. The lowest BCUT2D eigenvalue weighted by Gasteiger charge is -2.12. The van der Waals surface area contributed by atoms with Gasteiger partial charge in [0.2, 0.25) is 5.91 Å². The van der Waals surface area contributed by atoms with Crippen LogP contribution in [0.2, 0.25) is 0 Å². The number of anilines is 3. The normalized spacial score (nSPS) is 10.1. The minimum atomic E-state index is -0.122. The van der Waals surface area contributed by atoms with Crippen LogP contribution in [0.4, 0.5) is 17.2 Å². The van der Waals surface area contributed by atoms with E-state index in [1.54, 1.807) is 12.3 Å². The van der Waals surface area contributed by atoms with Gasteiger partial charge in [0.25, 0.3) is 0 Å². The second-order valence-corrected chi connectivity index (χ2v) is 4.51. The number of aromatic nitrogens is 1. The highest BCUT2D eigenvalue weighted by Gasteiger charge is 2.03. The van der Waals surface area contributed by atoms with Crippen LogP contribution in [0.25, 0.3) is 0 Å². The van der Waals surface area contributed by atoms with Crippen molar-refractivity contribution in [2.45, 2.75) is 20.8 Å². The molecule has 0 aliphatic carbocycles. The van der Waals surface area contributed by atoms with E-state index in [4.69, 9.17) is 0 Å². The SMILES string of the molecule is CC(=O)Nc1ccc(Nc2c(C)cccc2C)cn1. The van der Waals surface area contributed by atoms with Gasteiger partial charge in [0.05, 0.1) is 11.9 Å². The minimum Gasteiger partial charge on any atom is -0.354 e. The van der Waals surface area contributed by atoms with E-state index in [0.29, 0.717) is 5.82 Å². The predicted octanol–water partition coefficient (Wildman–Crippen LogP) is 3.40. The first kappa shape index (κ1) is 13.1. The molecule has 0 unspecified atom stereocenters. The Hall–Kier alpha value is -2.36.